The normalized spacial score (nSPS) is 10.7. The Morgan fingerprint density at radius 1 is 0.265 bits per heavy atom. The van der Waals surface area contributed by atoms with Gasteiger partial charge < -0.3 is 91.7 Å². The van der Waals surface area contributed by atoms with E-state index in [-0.39, 0.29) is 47.0 Å². The number of rotatable bonds is 18. The van der Waals surface area contributed by atoms with Gasteiger partial charge >= 0.3 is 6.18 Å². The van der Waals surface area contributed by atoms with Crippen molar-refractivity contribution in [2.75, 3.05) is 96.8 Å². The van der Waals surface area contributed by atoms with Crippen molar-refractivity contribution >= 4 is 163 Å². The van der Waals surface area contributed by atoms with Crippen molar-refractivity contribution in [2.45, 2.75) is 106 Å². The molecule has 0 atom stereocenters. The number of hydrogen-bond acceptors (Lipinski definition) is 24. The summed E-state index contributed by atoms with van der Waals surface area (Å²) in [5.74, 6) is -0.0278. The molecule has 136 heavy (non-hydrogen) atoms. The average Bonchev–Trinajstić information content (AvgIpc) is 0.753. The first-order valence-corrected chi connectivity index (χ1v) is 48.0. The molecule has 0 aliphatic rings. The Kier molecular flexibility index (Phi) is 41.2. The summed E-state index contributed by atoms with van der Waals surface area (Å²) in [6.07, 6.45) is -4.43. The van der Waals surface area contributed by atoms with Crippen LogP contribution >= 0.6 is 56.9 Å². The van der Waals surface area contributed by atoms with Gasteiger partial charge in [0.1, 0.15) is 5.41 Å². The molecule has 706 valence electrons. The number of sulfone groups is 1. The Bertz CT molecular complexity index is 6120. The number of halogens is 3. The van der Waals surface area contributed by atoms with Crippen LogP contribution in [-0.4, -0.2) is 25.5 Å². The summed E-state index contributed by atoms with van der Waals surface area (Å²) in [6, 6.07) is 113. The largest absolute Gasteiger partial charge is 0.402 e. The molecule has 0 heterocycles. The number of nitrogen functional groups attached to an aromatic ring is 16. The molecule has 0 radical (unpaired) electrons. The minimum absolute atomic E-state index is 0. The molecule has 16 rings (SSSR count). The summed E-state index contributed by atoms with van der Waals surface area (Å²) in [7, 11) is -0.0669. The summed E-state index contributed by atoms with van der Waals surface area (Å²) in [4.78, 5) is 19.6. The van der Waals surface area contributed by atoms with Crippen LogP contribution in [0.25, 0.3) is 11.1 Å². The number of carbonyl (C=O) groups is 1. The smallest absolute Gasteiger partial charge is 0.399 e. The van der Waals surface area contributed by atoms with E-state index in [2.05, 4.69) is 64.1 Å². The first-order valence-electron chi connectivity index (χ1n) is 41.6. The summed E-state index contributed by atoms with van der Waals surface area (Å²) >= 11 is 5.30. The van der Waals surface area contributed by atoms with Crippen LogP contribution in [0.15, 0.2) is 415 Å². The predicted octanol–water partition coefficient (Wildman–Crippen LogP) is 25.4. The lowest BCUT2D eigenvalue weighted by molar-refractivity contribution is -0.173. The lowest BCUT2D eigenvalue weighted by atomic mass is 9.75. The fraction of sp³-hybridized carbons (Fsp3) is 0.102. The van der Waals surface area contributed by atoms with Gasteiger partial charge in [-0.15, -0.1) is 23.5 Å². The molecule has 0 unspecified atom stereocenters. The fourth-order valence-corrected chi connectivity index (χ4v) is 18.6. The second-order valence-corrected chi connectivity index (χ2v) is 39.0. The Hall–Kier alpha value is -14.5. The molecule has 16 aromatic rings. The molecule has 0 amide bonds. The SMILES string of the molecule is C.C.CC(C)(c1ccc(N)cc1)c1ccc(N)cc1.CC(c1ccc(N)cc1)(c1ccc(N)cc1)C(F)(F)F.Cc1cc(N)ccc1-c1ccc(N)cc1C.Nc1ccc(C(=O)c2ccc(N)cc2)cc1.Nc1ccc(S(=O)(=O)c2ccc(N)cc2)cc1.Nc1ccc(SCSc2ccc(N)cc2)cc1.Nc1ccc(SSc2ccc(N)cc2)cc1.Nc1ccc(Sc2ccc(N)cc2)cc1. The Balaban J connectivity index is 0.000000212. The number of nitrogens with two attached hydrogens (primary N) is 16. The highest BCUT2D eigenvalue weighted by molar-refractivity contribution is 8.76. The molecule has 0 bridgehead atoms. The number of benzene rings is 16. The first kappa shape index (κ1) is 109. The van der Waals surface area contributed by atoms with E-state index < -0.39 is 21.4 Å². The maximum absolute atomic E-state index is 13.6. The standard InChI is InChI=1S/C15H15F3N2.C15H18N2.C14H16N2.C13H12N2O.C13H14N2S2.C12H12N2O2S.C12H12N2S2.C12H12N2S.2CH4/c1-14(15(16,17)18,10-2-6-12(19)7-3-10)11-4-8-13(20)9-5-11;1-15(2,11-3-7-13(16)8-4-11)12-5-9-14(17)10-6-12;1-9-7-11(15)3-5-13(9)14-6-4-12(16)8-10(14)2;14-11-5-1-9(2-6-11)13(16)10-3-7-12(15)8-4-10;14-10-1-5-12(6-2-10)16-9-17-13-7-3-11(15)4-8-13;13-9-1-5-11(6-2-9)17(15,16)12-7-3-10(14)4-8-12;13-9-1-5-11(6-2-9)15-16-12-7-3-10(14)4-8-12;13-9-1-5-11(6-2-9)15-12-7-3-10(14)4-8-12;;/h2-9H,19-20H2,1H3;3-10H,16-17H2,1-2H3;3-8H,15-16H2,1-2H3;1-8H,14-15H2;1-8H,9,14-15H2;1-8H,13-14H2;1-8H,13-14H2;1-8H,13-14H2;2*1H4. The number of thioether (sulfide) groups is 2. The molecule has 0 aromatic heterocycles. The van der Waals surface area contributed by atoms with Gasteiger partial charge in [-0.2, -0.15) is 13.2 Å². The van der Waals surface area contributed by atoms with Crippen molar-refractivity contribution in [3.63, 3.8) is 0 Å². The highest BCUT2D eigenvalue weighted by atomic mass is 33.1. The Morgan fingerprint density at radius 2 is 0.463 bits per heavy atom. The first-order chi connectivity index (χ1) is 63.7. The third kappa shape index (κ3) is 33.6. The molecule has 16 aromatic carbocycles. The van der Waals surface area contributed by atoms with Crippen molar-refractivity contribution < 1.29 is 26.4 Å². The summed E-state index contributed by atoms with van der Waals surface area (Å²) in [5, 5.41) is 0.980. The Labute approximate surface area is 817 Å². The zero-order valence-corrected chi connectivity index (χ0v) is 79.4. The monoisotopic (exact) mass is 1940 g/mol. The molecule has 0 aliphatic carbocycles. The highest BCUT2D eigenvalue weighted by Gasteiger charge is 2.53. The van der Waals surface area contributed by atoms with Crippen molar-refractivity contribution in [3.05, 3.63) is 421 Å². The molecular formula is C108H119F3N16O3S6. The molecule has 0 saturated heterocycles. The number of ketones is 1. The van der Waals surface area contributed by atoms with Gasteiger partial charge in [0.05, 0.1) is 9.79 Å². The van der Waals surface area contributed by atoms with Gasteiger partial charge in [0.25, 0.3) is 0 Å². The van der Waals surface area contributed by atoms with Crippen molar-refractivity contribution in [1.29, 1.82) is 0 Å². The van der Waals surface area contributed by atoms with Crippen LogP contribution in [0.1, 0.15) is 84.9 Å². The maximum Gasteiger partial charge on any atom is 0.402 e. The lowest BCUT2D eigenvalue weighted by Crippen LogP contribution is -2.40. The Morgan fingerprint density at radius 3 is 0.699 bits per heavy atom. The highest BCUT2D eigenvalue weighted by Crippen LogP contribution is 2.47. The van der Waals surface area contributed by atoms with Crippen LogP contribution in [0.4, 0.5) is 104 Å². The number of anilines is 16. The van der Waals surface area contributed by atoms with Gasteiger partial charge in [0.15, 0.2) is 5.78 Å². The third-order valence-corrected chi connectivity index (χ3v) is 27.9. The quantitative estimate of drug-likeness (QED) is 0.0125. The second kappa shape index (κ2) is 51.7. The van der Waals surface area contributed by atoms with E-state index in [1.165, 1.54) is 136 Å². The minimum Gasteiger partial charge on any atom is -0.399 e. The van der Waals surface area contributed by atoms with Crippen molar-refractivity contribution in [1.82, 2.24) is 0 Å². The lowest BCUT2D eigenvalue weighted by Gasteiger charge is -2.33. The summed E-state index contributed by atoms with van der Waals surface area (Å²) in [5.41, 5.74) is 108. The summed E-state index contributed by atoms with van der Waals surface area (Å²) < 4.78 is 65.2. The zero-order valence-electron chi connectivity index (χ0n) is 74.5. The maximum atomic E-state index is 13.6. The third-order valence-electron chi connectivity index (χ3n) is 20.5. The van der Waals surface area contributed by atoms with Crippen molar-refractivity contribution in [3.8, 4) is 11.1 Å². The fourth-order valence-electron chi connectivity index (χ4n) is 12.6. The number of hydrogen-bond donors (Lipinski definition) is 16. The van der Waals surface area contributed by atoms with Gasteiger partial charge in [-0.25, -0.2) is 8.42 Å². The van der Waals surface area contributed by atoms with E-state index >= 15 is 0 Å². The minimum atomic E-state index is -4.43. The average molecular weight is 1940 g/mol. The van der Waals surface area contributed by atoms with Crippen LogP contribution in [0.2, 0.25) is 0 Å². The van der Waals surface area contributed by atoms with Crippen LogP contribution in [-0.2, 0) is 20.7 Å². The molecule has 32 N–H and O–H groups in total. The van der Waals surface area contributed by atoms with E-state index in [0.29, 0.717) is 45.3 Å². The molecule has 0 saturated carbocycles. The number of aryl methyl sites for hydroxylation is 2. The van der Waals surface area contributed by atoms with Gasteiger partial charge in [0, 0.05) is 142 Å². The predicted molar refractivity (Wildman–Crippen MR) is 582 cm³/mol. The topological polar surface area (TPSA) is 468 Å². The molecule has 0 aliphatic heterocycles. The van der Waals surface area contributed by atoms with Crippen LogP contribution in [0.3, 0.4) is 0 Å². The van der Waals surface area contributed by atoms with E-state index in [1.54, 1.807) is 130 Å². The van der Waals surface area contributed by atoms with Gasteiger partial charge in [-0.05, 0) is 381 Å². The molecule has 19 nitrogen and oxygen atoms in total. The van der Waals surface area contributed by atoms with Crippen LogP contribution in [0, 0.1) is 13.8 Å². The number of carbonyl (C=O) groups excluding carboxylic acids is 1. The van der Waals surface area contributed by atoms with Gasteiger partial charge in [-0.3, -0.25) is 4.79 Å². The van der Waals surface area contributed by atoms with Gasteiger partial charge in [-0.1, -0.05) is 123 Å². The molecule has 28 heteroatoms. The van der Waals surface area contributed by atoms with Crippen LogP contribution < -0.4 is 91.7 Å². The van der Waals surface area contributed by atoms with Crippen LogP contribution in [0.5, 0.6) is 0 Å². The second-order valence-electron chi connectivity index (χ2n) is 31.2. The number of alkyl halides is 3. The van der Waals surface area contributed by atoms with E-state index in [0.717, 1.165) is 68.9 Å². The molecule has 0 spiro atoms. The van der Waals surface area contributed by atoms with Crippen molar-refractivity contribution in [2.24, 2.45) is 0 Å². The molecule has 0 fully saturated rings. The summed E-state index contributed by atoms with van der Waals surface area (Å²) in [6.45, 7) is 9.70. The van der Waals surface area contributed by atoms with E-state index in [1.807, 2.05) is 194 Å². The van der Waals surface area contributed by atoms with Gasteiger partial charge in [0.2, 0.25) is 9.84 Å². The van der Waals surface area contributed by atoms with E-state index in [4.69, 9.17) is 91.7 Å². The van der Waals surface area contributed by atoms with E-state index in [9.17, 15) is 26.4 Å². The molecular weight excluding hydrogens is 1820 g/mol. The zero-order chi connectivity index (χ0) is 97.3.